The van der Waals surface area contributed by atoms with E-state index in [0.29, 0.717) is 31.7 Å². The van der Waals surface area contributed by atoms with Crippen molar-refractivity contribution >= 4 is 0 Å². The van der Waals surface area contributed by atoms with Crippen molar-refractivity contribution in [1.29, 1.82) is 0 Å². The Labute approximate surface area is 110 Å². The summed E-state index contributed by atoms with van der Waals surface area (Å²) >= 11 is 0. The van der Waals surface area contributed by atoms with Gasteiger partial charge in [0, 0.05) is 33.1 Å². The van der Waals surface area contributed by atoms with Crippen molar-refractivity contribution < 1.29 is 22.6 Å². The van der Waals surface area contributed by atoms with Gasteiger partial charge in [-0.2, -0.15) is 0 Å². The largest absolute Gasteiger partial charge is 0.353 e. The van der Waals surface area contributed by atoms with Crippen LogP contribution in [0.1, 0.15) is 37.2 Å². The molecule has 1 aliphatic carbocycles. The Balaban J connectivity index is 2.16. The fourth-order valence-corrected chi connectivity index (χ4v) is 2.71. The highest BCUT2D eigenvalue weighted by Crippen LogP contribution is 2.41. The second kappa shape index (κ2) is 5.51. The van der Waals surface area contributed by atoms with Gasteiger partial charge < -0.3 is 9.47 Å². The molecule has 0 saturated heterocycles. The van der Waals surface area contributed by atoms with Crippen molar-refractivity contribution in [1.82, 2.24) is 0 Å². The summed E-state index contributed by atoms with van der Waals surface area (Å²) in [5.41, 5.74) is 0.236. The molecule has 1 aliphatic rings. The normalized spacial score (nSPS) is 19.6. The van der Waals surface area contributed by atoms with E-state index in [-0.39, 0.29) is 11.5 Å². The van der Waals surface area contributed by atoms with Crippen molar-refractivity contribution in [2.75, 3.05) is 14.2 Å². The molecule has 0 spiro atoms. The summed E-state index contributed by atoms with van der Waals surface area (Å²) < 4.78 is 50.5. The number of ether oxygens (including phenoxy) is 2. The maximum Gasteiger partial charge on any atom is 0.167 e. The summed E-state index contributed by atoms with van der Waals surface area (Å²) in [6, 6.07) is 1.57. The van der Waals surface area contributed by atoms with E-state index >= 15 is 0 Å². The zero-order chi connectivity index (χ0) is 14.0. The first-order valence-electron chi connectivity index (χ1n) is 6.26. The molecule has 19 heavy (non-hydrogen) atoms. The molecule has 0 atom stereocenters. The standard InChI is InChI=1S/C14H17F3O2/c1-18-14(19-2)5-3-9(4-6-14)10-7-12(16)13(17)8-11(10)15/h7-9H,3-6H2,1-2H3. The van der Waals surface area contributed by atoms with E-state index in [1.807, 2.05) is 0 Å². The van der Waals surface area contributed by atoms with Crippen molar-refractivity contribution in [3.8, 4) is 0 Å². The Morgan fingerprint density at radius 3 is 2.00 bits per heavy atom. The van der Waals surface area contributed by atoms with Crippen LogP contribution in [0.5, 0.6) is 0 Å². The molecule has 2 nitrogen and oxygen atoms in total. The smallest absolute Gasteiger partial charge is 0.167 e. The van der Waals surface area contributed by atoms with Gasteiger partial charge in [-0.3, -0.25) is 0 Å². The van der Waals surface area contributed by atoms with E-state index in [1.165, 1.54) is 0 Å². The van der Waals surface area contributed by atoms with Crippen LogP contribution in [0.2, 0.25) is 0 Å². The van der Waals surface area contributed by atoms with E-state index in [4.69, 9.17) is 9.47 Å². The topological polar surface area (TPSA) is 18.5 Å². The Morgan fingerprint density at radius 2 is 1.47 bits per heavy atom. The average molecular weight is 274 g/mol. The third kappa shape index (κ3) is 2.77. The van der Waals surface area contributed by atoms with Gasteiger partial charge in [-0.05, 0) is 30.4 Å². The number of rotatable bonds is 3. The van der Waals surface area contributed by atoms with Crippen LogP contribution in [0, 0.1) is 17.5 Å². The first kappa shape index (κ1) is 14.3. The van der Waals surface area contributed by atoms with Crippen LogP contribution in [0.25, 0.3) is 0 Å². The number of benzene rings is 1. The van der Waals surface area contributed by atoms with Crippen molar-refractivity contribution in [3.05, 3.63) is 35.1 Å². The van der Waals surface area contributed by atoms with Crippen LogP contribution in [0.3, 0.4) is 0 Å². The predicted octanol–water partition coefficient (Wildman–Crippen LogP) is 3.75. The lowest BCUT2D eigenvalue weighted by atomic mass is 9.80. The first-order chi connectivity index (χ1) is 9.01. The number of hydrogen-bond acceptors (Lipinski definition) is 2. The first-order valence-corrected chi connectivity index (χ1v) is 6.26. The fraction of sp³-hybridized carbons (Fsp3) is 0.571. The van der Waals surface area contributed by atoms with E-state index < -0.39 is 23.2 Å². The second-order valence-electron chi connectivity index (χ2n) is 4.88. The third-order valence-electron chi connectivity index (χ3n) is 3.97. The minimum absolute atomic E-state index is 0.131. The van der Waals surface area contributed by atoms with Crippen molar-refractivity contribution in [3.63, 3.8) is 0 Å². The highest BCUT2D eigenvalue weighted by molar-refractivity contribution is 5.24. The molecule has 106 valence electrons. The molecule has 1 aromatic rings. The molecule has 0 bridgehead atoms. The fourth-order valence-electron chi connectivity index (χ4n) is 2.71. The summed E-state index contributed by atoms with van der Waals surface area (Å²) in [6.45, 7) is 0. The lowest BCUT2D eigenvalue weighted by Crippen LogP contribution is -2.37. The van der Waals surface area contributed by atoms with Crippen LogP contribution >= 0.6 is 0 Å². The quantitative estimate of drug-likeness (QED) is 0.617. The minimum Gasteiger partial charge on any atom is -0.353 e. The van der Waals surface area contributed by atoms with Gasteiger partial charge in [0.2, 0.25) is 0 Å². The molecular weight excluding hydrogens is 257 g/mol. The Kier molecular flexibility index (Phi) is 4.16. The SMILES string of the molecule is COC1(OC)CCC(c2cc(F)c(F)cc2F)CC1. The summed E-state index contributed by atoms with van der Waals surface area (Å²) in [6.07, 6.45) is 2.43. The van der Waals surface area contributed by atoms with Crippen LogP contribution in [-0.2, 0) is 9.47 Å². The van der Waals surface area contributed by atoms with E-state index in [0.717, 1.165) is 6.07 Å². The second-order valence-corrected chi connectivity index (χ2v) is 4.88. The maximum atomic E-state index is 13.7. The predicted molar refractivity (Wildman–Crippen MR) is 64.3 cm³/mol. The van der Waals surface area contributed by atoms with Gasteiger partial charge in [0.1, 0.15) is 5.82 Å². The van der Waals surface area contributed by atoms with Gasteiger partial charge in [-0.15, -0.1) is 0 Å². The van der Waals surface area contributed by atoms with Gasteiger partial charge >= 0.3 is 0 Å². The Morgan fingerprint density at radius 1 is 0.947 bits per heavy atom. The molecular formula is C14H17F3O2. The molecule has 0 aromatic heterocycles. The molecule has 1 saturated carbocycles. The molecule has 1 aromatic carbocycles. The lowest BCUT2D eigenvalue weighted by molar-refractivity contribution is -0.224. The summed E-state index contributed by atoms with van der Waals surface area (Å²) in [4.78, 5) is 0. The Hall–Kier alpha value is -1.07. The number of hydrogen-bond donors (Lipinski definition) is 0. The van der Waals surface area contributed by atoms with E-state index in [1.54, 1.807) is 14.2 Å². The molecule has 0 amide bonds. The molecule has 0 aliphatic heterocycles. The molecule has 0 N–H and O–H groups in total. The minimum atomic E-state index is -1.15. The zero-order valence-corrected chi connectivity index (χ0v) is 11.0. The lowest BCUT2D eigenvalue weighted by Gasteiger charge is -2.38. The molecule has 1 fully saturated rings. The van der Waals surface area contributed by atoms with Gasteiger partial charge in [0.05, 0.1) is 0 Å². The maximum absolute atomic E-state index is 13.7. The molecule has 5 heteroatoms. The Bertz CT molecular complexity index is 448. The van der Waals surface area contributed by atoms with Crippen molar-refractivity contribution in [2.45, 2.75) is 37.4 Å². The molecule has 2 rings (SSSR count). The van der Waals surface area contributed by atoms with E-state index in [2.05, 4.69) is 0 Å². The third-order valence-corrected chi connectivity index (χ3v) is 3.97. The van der Waals surface area contributed by atoms with Crippen LogP contribution in [-0.4, -0.2) is 20.0 Å². The van der Waals surface area contributed by atoms with Gasteiger partial charge in [-0.25, -0.2) is 13.2 Å². The number of halogens is 3. The van der Waals surface area contributed by atoms with Crippen molar-refractivity contribution in [2.24, 2.45) is 0 Å². The summed E-state index contributed by atoms with van der Waals surface area (Å²) in [7, 11) is 3.14. The van der Waals surface area contributed by atoms with Gasteiger partial charge in [0.15, 0.2) is 17.4 Å². The average Bonchev–Trinajstić information content (AvgIpc) is 2.43. The highest BCUT2D eigenvalue weighted by Gasteiger charge is 2.36. The van der Waals surface area contributed by atoms with Crippen LogP contribution in [0.15, 0.2) is 12.1 Å². The summed E-state index contributed by atoms with van der Waals surface area (Å²) in [5, 5.41) is 0. The molecule has 0 heterocycles. The van der Waals surface area contributed by atoms with Crippen LogP contribution < -0.4 is 0 Å². The molecule has 0 unspecified atom stereocenters. The summed E-state index contributed by atoms with van der Waals surface area (Å²) in [5.74, 6) is -3.61. The monoisotopic (exact) mass is 274 g/mol. The zero-order valence-electron chi connectivity index (χ0n) is 11.0. The van der Waals surface area contributed by atoms with E-state index in [9.17, 15) is 13.2 Å². The van der Waals surface area contributed by atoms with Crippen LogP contribution in [0.4, 0.5) is 13.2 Å². The van der Waals surface area contributed by atoms with Gasteiger partial charge in [0.25, 0.3) is 0 Å². The highest BCUT2D eigenvalue weighted by atomic mass is 19.2. The number of methoxy groups -OCH3 is 2. The molecule has 0 radical (unpaired) electrons. The van der Waals surface area contributed by atoms with Gasteiger partial charge in [-0.1, -0.05) is 0 Å².